The van der Waals surface area contributed by atoms with Crippen molar-refractivity contribution in [2.45, 2.75) is 38.5 Å². The maximum Gasteiger partial charge on any atom is 0.338 e. The average molecular weight is 419 g/mol. The first-order valence-electron chi connectivity index (χ1n) is 11.1. The summed E-state index contributed by atoms with van der Waals surface area (Å²) in [5.74, 6) is 0.0541. The van der Waals surface area contributed by atoms with Crippen LogP contribution in [0.2, 0.25) is 0 Å². The number of likely N-dealkylation sites (tertiary alicyclic amines) is 1. The molecular formula is C26H30N2O3. The molecule has 2 aromatic rings. The highest BCUT2D eigenvalue weighted by molar-refractivity contribution is 5.89. The zero-order valence-corrected chi connectivity index (χ0v) is 18.0. The lowest BCUT2D eigenvalue weighted by atomic mass is 9.90. The summed E-state index contributed by atoms with van der Waals surface area (Å²) in [4.78, 5) is 18.8. The Morgan fingerprint density at radius 3 is 2.87 bits per heavy atom. The first-order valence-corrected chi connectivity index (χ1v) is 11.1. The van der Waals surface area contributed by atoms with Crippen LogP contribution in [0.3, 0.4) is 0 Å². The van der Waals surface area contributed by atoms with E-state index in [1.54, 1.807) is 12.3 Å². The molecule has 0 spiro atoms. The number of carbonyl (C=O) groups excluding carboxylic acids is 1. The van der Waals surface area contributed by atoms with Gasteiger partial charge in [-0.3, -0.25) is 9.88 Å². The van der Waals surface area contributed by atoms with Gasteiger partial charge in [0.15, 0.2) is 0 Å². The Kier molecular flexibility index (Phi) is 7.28. The standard InChI is InChI=1S/C26H30N2O3/c1-2-30-26(29)22-13-15-27-23(17-22)18-28-16-14-24(19-28)31-25(20-9-5-3-6-10-20)21-11-7-4-8-12-21/h3-11,13,15,17,21,24-25H,2,12,14,16,18-19H2,1H3/t21?,24-,25?/m1/s1. The van der Waals surface area contributed by atoms with Crippen LogP contribution in [0, 0.1) is 5.92 Å². The summed E-state index contributed by atoms with van der Waals surface area (Å²) in [6.07, 6.45) is 12.6. The first kappa shape index (κ1) is 21.5. The van der Waals surface area contributed by atoms with Gasteiger partial charge in [-0.2, -0.15) is 0 Å². The highest BCUT2D eigenvalue weighted by Gasteiger charge is 2.30. The lowest BCUT2D eigenvalue weighted by Gasteiger charge is -2.29. The number of aromatic nitrogens is 1. The Labute approximate surface area is 184 Å². The molecular weight excluding hydrogens is 388 g/mol. The summed E-state index contributed by atoms with van der Waals surface area (Å²) in [5.41, 5.74) is 2.67. The molecule has 0 radical (unpaired) electrons. The van der Waals surface area contributed by atoms with E-state index < -0.39 is 0 Å². The average Bonchev–Trinajstić information content (AvgIpc) is 3.26. The summed E-state index contributed by atoms with van der Waals surface area (Å²) in [6.45, 7) is 4.71. The van der Waals surface area contributed by atoms with Crippen molar-refractivity contribution in [3.8, 4) is 0 Å². The van der Waals surface area contributed by atoms with Crippen LogP contribution in [-0.2, 0) is 16.0 Å². The molecule has 2 unspecified atom stereocenters. The Balaban J connectivity index is 1.39. The largest absolute Gasteiger partial charge is 0.462 e. The number of rotatable bonds is 8. The maximum atomic E-state index is 12.0. The smallest absolute Gasteiger partial charge is 0.338 e. The molecule has 31 heavy (non-hydrogen) atoms. The van der Waals surface area contributed by atoms with Crippen LogP contribution in [-0.4, -0.2) is 41.7 Å². The second-order valence-electron chi connectivity index (χ2n) is 8.08. The molecule has 2 aliphatic rings. The van der Waals surface area contributed by atoms with Crippen molar-refractivity contribution in [3.63, 3.8) is 0 Å². The van der Waals surface area contributed by atoms with Gasteiger partial charge in [-0.25, -0.2) is 4.79 Å². The van der Waals surface area contributed by atoms with E-state index >= 15 is 0 Å². The van der Waals surface area contributed by atoms with Gasteiger partial charge in [-0.15, -0.1) is 0 Å². The van der Waals surface area contributed by atoms with Gasteiger partial charge in [0.1, 0.15) is 0 Å². The fraction of sp³-hybridized carbons (Fsp3) is 0.385. The fourth-order valence-corrected chi connectivity index (χ4v) is 4.29. The maximum absolute atomic E-state index is 12.0. The van der Waals surface area contributed by atoms with Crippen molar-refractivity contribution in [2.75, 3.05) is 19.7 Å². The molecule has 1 aliphatic carbocycles. The number of ether oxygens (including phenoxy) is 2. The summed E-state index contributed by atoms with van der Waals surface area (Å²) in [7, 11) is 0. The van der Waals surface area contributed by atoms with E-state index in [4.69, 9.17) is 9.47 Å². The van der Waals surface area contributed by atoms with Crippen molar-refractivity contribution in [1.29, 1.82) is 0 Å². The second kappa shape index (κ2) is 10.5. The van der Waals surface area contributed by atoms with Gasteiger partial charge in [-0.1, -0.05) is 54.6 Å². The molecule has 1 aliphatic heterocycles. The first-order chi connectivity index (χ1) is 15.2. The third-order valence-electron chi connectivity index (χ3n) is 5.81. The summed E-state index contributed by atoms with van der Waals surface area (Å²) >= 11 is 0. The molecule has 0 amide bonds. The number of nitrogens with zero attached hydrogens (tertiary/aromatic N) is 2. The van der Waals surface area contributed by atoms with E-state index in [-0.39, 0.29) is 18.2 Å². The zero-order valence-electron chi connectivity index (χ0n) is 18.0. The summed E-state index contributed by atoms with van der Waals surface area (Å²) in [5, 5.41) is 0. The van der Waals surface area contributed by atoms with Crippen molar-refractivity contribution >= 4 is 5.97 Å². The van der Waals surface area contributed by atoms with Gasteiger partial charge in [0, 0.05) is 31.7 Å². The minimum atomic E-state index is -0.297. The normalized spacial score (nSPS) is 21.8. The Hall–Kier alpha value is -2.76. The van der Waals surface area contributed by atoms with Crippen LogP contribution in [0.5, 0.6) is 0 Å². The van der Waals surface area contributed by atoms with Crippen LogP contribution in [0.15, 0.2) is 73.0 Å². The van der Waals surface area contributed by atoms with Crippen LogP contribution >= 0.6 is 0 Å². The van der Waals surface area contributed by atoms with E-state index in [0.29, 0.717) is 24.6 Å². The van der Waals surface area contributed by atoms with E-state index in [2.05, 4.69) is 58.5 Å². The highest BCUT2D eigenvalue weighted by Crippen LogP contribution is 2.34. The number of esters is 1. The van der Waals surface area contributed by atoms with Gasteiger partial charge in [-0.05, 0) is 37.5 Å². The predicted octanol–water partition coefficient (Wildman–Crippen LogP) is 4.72. The molecule has 4 rings (SSSR count). The fourth-order valence-electron chi connectivity index (χ4n) is 4.29. The van der Waals surface area contributed by atoms with Crippen molar-refractivity contribution in [2.24, 2.45) is 5.92 Å². The molecule has 1 aromatic carbocycles. The minimum absolute atomic E-state index is 0.0533. The van der Waals surface area contributed by atoms with Gasteiger partial charge < -0.3 is 9.47 Å². The number of benzene rings is 1. The molecule has 0 saturated carbocycles. The van der Waals surface area contributed by atoms with E-state index in [1.165, 1.54) is 5.56 Å². The molecule has 5 nitrogen and oxygen atoms in total. The lowest BCUT2D eigenvalue weighted by molar-refractivity contribution is -0.0297. The summed E-state index contributed by atoms with van der Waals surface area (Å²) in [6, 6.07) is 14.1. The molecule has 1 saturated heterocycles. The quantitative estimate of drug-likeness (QED) is 0.581. The summed E-state index contributed by atoms with van der Waals surface area (Å²) < 4.78 is 11.8. The predicted molar refractivity (Wildman–Crippen MR) is 121 cm³/mol. The highest BCUT2D eigenvalue weighted by atomic mass is 16.5. The Morgan fingerprint density at radius 2 is 2.10 bits per heavy atom. The van der Waals surface area contributed by atoms with Crippen LogP contribution < -0.4 is 0 Å². The molecule has 5 heteroatoms. The third kappa shape index (κ3) is 5.69. The number of carbonyl (C=O) groups is 1. The second-order valence-corrected chi connectivity index (χ2v) is 8.08. The molecule has 162 valence electrons. The Bertz CT molecular complexity index is 925. The number of allylic oxidation sites excluding steroid dienone is 3. The van der Waals surface area contributed by atoms with E-state index in [9.17, 15) is 4.79 Å². The number of hydrogen-bond donors (Lipinski definition) is 0. The van der Waals surface area contributed by atoms with E-state index in [0.717, 1.165) is 31.6 Å². The van der Waals surface area contributed by atoms with Gasteiger partial charge in [0.2, 0.25) is 0 Å². The zero-order chi connectivity index (χ0) is 21.5. The molecule has 3 atom stereocenters. The molecule has 1 aromatic heterocycles. The topological polar surface area (TPSA) is 51.7 Å². The monoisotopic (exact) mass is 418 g/mol. The van der Waals surface area contributed by atoms with Gasteiger partial charge in [0.25, 0.3) is 0 Å². The Morgan fingerprint density at radius 1 is 1.23 bits per heavy atom. The molecule has 0 N–H and O–H groups in total. The molecule has 1 fully saturated rings. The number of pyridine rings is 1. The van der Waals surface area contributed by atoms with Crippen molar-refractivity contribution in [1.82, 2.24) is 9.88 Å². The van der Waals surface area contributed by atoms with Gasteiger partial charge >= 0.3 is 5.97 Å². The SMILES string of the molecule is CCOC(=O)c1ccnc(CN2CC[C@@H](OC(c3ccccc3)C3C=CC=CC3)C2)c1. The van der Waals surface area contributed by atoms with Crippen molar-refractivity contribution in [3.05, 3.63) is 89.8 Å². The van der Waals surface area contributed by atoms with Crippen LogP contribution in [0.25, 0.3) is 0 Å². The number of hydrogen-bond acceptors (Lipinski definition) is 5. The molecule has 0 bridgehead atoms. The van der Waals surface area contributed by atoms with Crippen molar-refractivity contribution < 1.29 is 14.3 Å². The van der Waals surface area contributed by atoms with Crippen LogP contribution in [0.4, 0.5) is 0 Å². The van der Waals surface area contributed by atoms with Crippen LogP contribution in [0.1, 0.15) is 47.5 Å². The minimum Gasteiger partial charge on any atom is -0.462 e. The molecule has 2 heterocycles. The van der Waals surface area contributed by atoms with E-state index in [1.807, 2.05) is 19.1 Å². The van der Waals surface area contributed by atoms with Gasteiger partial charge in [0.05, 0.1) is 30.1 Å². The third-order valence-corrected chi connectivity index (χ3v) is 5.81. The lowest BCUT2D eigenvalue weighted by Crippen LogP contribution is -2.26.